The van der Waals surface area contributed by atoms with Crippen LogP contribution in [0.15, 0.2) is 205 Å². The van der Waals surface area contributed by atoms with Gasteiger partial charge >= 0.3 is 0 Å². The maximum Gasteiger partial charge on any atom is 0.158 e. The first kappa shape index (κ1) is 31.1. The Morgan fingerprint density at radius 3 is 1.75 bits per heavy atom. The minimum absolute atomic E-state index is 0.840. The van der Waals surface area contributed by atoms with E-state index in [0.29, 0.717) is 0 Å². The zero-order valence-corrected chi connectivity index (χ0v) is 29.6. The third-order valence-corrected chi connectivity index (χ3v) is 11.3. The van der Waals surface area contributed by atoms with Crippen LogP contribution in [0.25, 0.3) is 75.8 Å². The third kappa shape index (κ3) is 5.68. The van der Waals surface area contributed by atoms with Crippen LogP contribution in [0.2, 0.25) is 0 Å². The van der Waals surface area contributed by atoms with Crippen LogP contribution in [0.3, 0.4) is 0 Å². The van der Waals surface area contributed by atoms with Gasteiger partial charge < -0.3 is 9.32 Å². The molecular weight excluding hydrogens is 663 g/mol. The van der Waals surface area contributed by atoms with Crippen molar-refractivity contribution in [3.05, 3.63) is 200 Å². The molecule has 2 aromatic heterocycles. The minimum atomic E-state index is 0.840. The number of rotatable bonds is 7. The smallest absolute Gasteiger partial charge is 0.158 e. The molecule has 2 nitrogen and oxygen atoms in total. The Morgan fingerprint density at radius 2 is 1.00 bits per heavy atom. The van der Waals surface area contributed by atoms with Gasteiger partial charge in [0, 0.05) is 42.5 Å². The van der Waals surface area contributed by atoms with Crippen LogP contribution in [0, 0.1) is 0 Å². The highest BCUT2D eigenvalue weighted by Gasteiger charge is 2.22. The van der Waals surface area contributed by atoms with E-state index in [1.54, 1.807) is 0 Å². The normalized spacial score (nSPS) is 11.4. The first-order valence-electron chi connectivity index (χ1n) is 17.9. The predicted molar refractivity (Wildman–Crippen MR) is 226 cm³/mol. The highest BCUT2D eigenvalue weighted by molar-refractivity contribution is 7.26. The fourth-order valence-corrected chi connectivity index (χ4v) is 8.73. The van der Waals surface area contributed by atoms with E-state index in [-0.39, 0.29) is 0 Å². The number of nitrogens with zero attached hydrogens (tertiary/aromatic N) is 1. The number of thiophene rings is 1. The van der Waals surface area contributed by atoms with Crippen molar-refractivity contribution in [3.8, 4) is 44.7 Å². The number of hydrogen-bond acceptors (Lipinski definition) is 3. The second kappa shape index (κ2) is 13.1. The molecule has 0 bridgehead atoms. The molecule has 0 saturated carbocycles. The molecule has 3 heteroatoms. The molecule has 0 unspecified atom stereocenters. The molecule has 0 spiro atoms. The fraction of sp³-hybridized carbons (Fsp3) is 0. The topological polar surface area (TPSA) is 16.4 Å². The lowest BCUT2D eigenvalue weighted by molar-refractivity contribution is 0.632. The third-order valence-electron chi connectivity index (χ3n) is 10.1. The Bertz CT molecular complexity index is 2870. The summed E-state index contributed by atoms with van der Waals surface area (Å²) < 4.78 is 9.47. The highest BCUT2D eigenvalue weighted by atomic mass is 32.1. The van der Waals surface area contributed by atoms with Crippen LogP contribution in [-0.2, 0) is 0 Å². The van der Waals surface area contributed by atoms with Crippen molar-refractivity contribution in [3.63, 3.8) is 0 Å². The van der Waals surface area contributed by atoms with Gasteiger partial charge in [0.05, 0.1) is 5.69 Å². The SMILES string of the molecule is c1ccc(-c2ccc(N(c3cccc(-c4cccc5c4sc4ccccc45)c3)c3cc(-c4ccccc4)cc4cc(-c5ccccc5)oc34)cc2)cc1. The molecule has 0 aliphatic heterocycles. The van der Waals surface area contributed by atoms with Gasteiger partial charge in [-0.1, -0.05) is 152 Å². The Kier molecular flexibility index (Phi) is 7.71. The number of benzene rings is 8. The second-order valence-corrected chi connectivity index (χ2v) is 14.4. The van der Waals surface area contributed by atoms with E-state index < -0.39 is 0 Å². The number of fused-ring (bicyclic) bond motifs is 4. The summed E-state index contributed by atoms with van der Waals surface area (Å²) in [6.45, 7) is 0. The van der Waals surface area contributed by atoms with Crippen LogP contribution in [-0.4, -0.2) is 0 Å². The average Bonchev–Trinajstić information content (AvgIpc) is 3.85. The molecule has 0 atom stereocenters. The Labute approximate surface area is 312 Å². The molecular formula is C50H33NOS. The quantitative estimate of drug-likeness (QED) is 0.165. The molecule has 8 aromatic carbocycles. The van der Waals surface area contributed by atoms with Gasteiger partial charge in [-0.3, -0.25) is 0 Å². The molecule has 0 aliphatic rings. The van der Waals surface area contributed by atoms with Gasteiger partial charge in [-0.2, -0.15) is 0 Å². The summed E-state index contributed by atoms with van der Waals surface area (Å²) in [5, 5.41) is 3.65. The van der Waals surface area contributed by atoms with Gasteiger partial charge in [0.25, 0.3) is 0 Å². The molecule has 0 radical (unpaired) electrons. The lowest BCUT2D eigenvalue weighted by Gasteiger charge is -2.27. The highest BCUT2D eigenvalue weighted by Crippen LogP contribution is 2.46. The van der Waals surface area contributed by atoms with E-state index >= 15 is 0 Å². The van der Waals surface area contributed by atoms with E-state index in [9.17, 15) is 0 Å². The summed E-state index contributed by atoms with van der Waals surface area (Å²) in [7, 11) is 0. The zero-order valence-electron chi connectivity index (χ0n) is 28.8. The van der Waals surface area contributed by atoms with Crippen molar-refractivity contribution in [2.75, 3.05) is 4.90 Å². The summed E-state index contributed by atoms with van der Waals surface area (Å²) in [4.78, 5) is 2.36. The minimum Gasteiger partial charge on any atom is -0.454 e. The van der Waals surface area contributed by atoms with Crippen LogP contribution in [0.5, 0.6) is 0 Å². The monoisotopic (exact) mass is 695 g/mol. The molecule has 0 N–H and O–H groups in total. The molecule has 250 valence electrons. The predicted octanol–water partition coefficient (Wildman–Crippen LogP) is 14.9. The molecule has 53 heavy (non-hydrogen) atoms. The number of hydrogen-bond donors (Lipinski definition) is 0. The number of furan rings is 1. The molecule has 10 rings (SSSR count). The van der Waals surface area contributed by atoms with E-state index in [0.717, 1.165) is 50.5 Å². The molecule has 10 aromatic rings. The maximum atomic E-state index is 6.86. The summed E-state index contributed by atoms with van der Waals surface area (Å²) in [6.07, 6.45) is 0. The van der Waals surface area contributed by atoms with E-state index in [1.165, 1.54) is 42.4 Å². The largest absolute Gasteiger partial charge is 0.454 e. The number of anilines is 3. The van der Waals surface area contributed by atoms with E-state index in [4.69, 9.17) is 4.42 Å². The fourth-order valence-electron chi connectivity index (χ4n) is 7.49. The summed E-state index contributed by atoms with van der Waals surface area (Å²) in [5.74, 6) is 0.844. The van der Waals surface area contributed by atoms with Crippen molar-refractivity contribution < 1.29 is 4.42 Å². The van der Waals surface area contributed by atoms with Crippen molar-refractivity contribution in [2.45, 2.75) is 0 Å². The second-order valence-electron chi connectivity index (χ2n) is 13.3. The summed E-state index contributed by atoms with van der Waals surface area (Å²) >= 11 is 1.86. The molecule has 0 aliphatic carbocycles. The molecule has 0 saturated heterocycles. The Balaban J connectivity index is 1.20. The van der Waals surface area contributed by atoms with Gasteiger partial charge in [0.15, 0.2) is 5.58 Å². The molecule has 0 amide bonds. The van der Waals surface area contributed by atoms with Crippen molar-refractivity contribution in [1.29, 1.82) is 0 Å². The van der Waals surface area contributed by atoms with Gasteiger partial charge in [-0.15, -0.1) is 11.3 Å². The van der Waals surface area contributed by atoms with Crippen LogP contribution >= 0.6 is 11.3 Å². The standard InChI is InChI=1S/C50H33NOS/c1-4-14-34(15-5-1)36-26-28-41(29-27-36)51(42-21-12-20-38(31-42)43-23-13-24-45-44-22-10-11-25-48(44)53-50(43)45)46-32-39(35-16-6-2-7-17-35)30-40-33-47(52-49(40)46)37-18-8-3-9-19-37/h1-33H. The first-order valence-corrected chi connectivity index (χ1v) is 18.7. The van der Waals surface area contributed by atoms with Gasteiger partial charge in [0.1, 0.15) is 5.76 Å². The maximum absolute atomic E-state index is 6.86. The van der Waals surface area contributed by atoms with Gasteiger partial charge in [0.2, 0.25) is 0 Å². The van der Waals surface area contributed by atoms with Crippen LogP contribution in [0.4, 0.5) is 17.1 Å². The lowest BCUT2D eigenvalue weighted by Crippen LogP contribution is -2.10. The van der Waals surface area contributed by atoms with Gasteiger partial charge in [-0.25, -0.2) is 0 Å². The van der Waals surface area contributed by atoms with Crippen molar-refractivity contribution >= 4 is 59.5 Å². The molecule has 2 heterocycles. The molecule has 0 fully saturated rings. The van der Waals surface area contributed by atoms with Crippen LogP contribution in [0.1, 0.15) is 0 Å². The Morgan fingerprint density at radius 1 is 0.396 bits per heavy atom. The van der Waals surface area contributed by atoms with Crippen LogP contribution < -0.4 is 4.90 Å². The van der Waals surface area contributed by atoms with Crippen molar-refractivity contribution in [1.82, 2.24) is 0 Å². The lowest BCUT2D eigenvalue weighted by atomic mass is 9.99. The van der Waals surface area contributed by atoms with Gasteiger partial charge in [-0.05, 0) is 81.9 Å². The van der Waals surface area contributed by atoms with E-state index in [2.05, 4.69) is 199 Å². The zero-order chi connectivity index (χ0) is 35.1. The summed E-state index contributed by atoms with van der Waals surface area (Å²) in [6, 6.07) is 71.5. The average molecular weight is 696 g/mol. The van der Waals surface area contributed by atoms with Crippen molar-refractivity contribution in [2.24, 2.45) is 0 Å². The van der Waals surface area contributed by atoms with E-state index in [1.807, 2.05) is 17.4 Å². The first-order chi connectivity index (χ1) is 26.3. The Hall–Kier alpha value is -6.68. The summed E-state index contributed by atoms with van der Waals surface area (Å²) in [5.41, 5.74) is 12.0.